The Morgan fingerprint density at radius 3 is 0.823 bits per heavy atom. The number of benzene rings is 9. The second-order valence-electron chi connectivity index (χ2n) is 15.8. The third-order valence-electron chi connectivity index (χ3n) is 11.9. The Balaban J connectivity index is 1.17. The highest BCUT2D eigenvalue weighted by Crippen LogP contribution is 2.35. The van der Waals surface area contributed by atoms with Gasteiger partial charge in [-0.05, 0) is 92.3 Å². The number of hydrogen-bond acceptors (Lipinski definition) is 0. The lowest BCUT2D eigenvalue weighted by atomic mass is 9.96. The summed E-state index contributed by atoms with van der Waals surface area (Å²) in [5.41, 5.74) is 15.9. The first-order valence-electron chi connectivity index (χ1n) is 21.2. The molecule has 2 heterocycles. The van der Waals surface area contributed by atoms with Crippen LogP contribution in [0.25, 0.3) is 100 Å². The van der Waals surface area contributed by atoms with Gasteiger partial charge in [0.1, 0.15) is 0 Å². The molecule has 11 aromatic rings. The first kappa shape index (κ1) is 36.8. The van der Waals surface area contributed by atoms with Crippen LogP contribution in [0.3, 0.4) is 0 Å². The van der Waals surface area contributed by atoms with Gasteiger partial charge in [0.15, 0.2) is 0 Å². The minimum absolute atomic E-state index is 1.07. The van der Waals surface area contributed by atoms with Crippen LogP contribution in [0, 0.1) is 0 Å². The number of rotatable bonds is 8. The summed E-state index contributed by atoms with van der Waals surface area (Å²) in [6.07, 6.45) is 0. The zero-order valence-corrected chi connectivity index (χ0v) is 34.1. The second-order valence-corrected chi connectivity index (χ2v) is 15.8. The lowest BCUT2D eigenvalue weighted by molar-refractivity contribution is -0.576. The third kappa shape index (κ3) is 7.04. The highest BCUT2D eigenvalue weighted by atomic mass is 15.0. The smallest absolute Gasteiger partial charge is 0.153 e. The molecular weight excluding hydrogens is 749 g/mol. The van der Waals surface area contributed by atoms with Gasteiger partial charge in [0.2, 0.25) is 34.2 Å². The van der Waals surface area contributed by atoms with E-state index in [1.165, 1.54) is 43.8 Å². The molecule has 62 heavy (non-hydrogen) atoms. The van der Waals surface area contributed by atoms with Crippen molar-refractivity contribution in [3.63, 3.8) is 0 Å². The van der Waals surface area contributed by atoms with Crippen molar-refractivity contribution in [1.29, 1.82) is 0 Å². The lowest BCUT2D eigenvalue weighted by Gasteiger charge is -2.14. The van der Waals surface area contributed by atoms with Gasteiger partial charge in [-0.1, -0.05) is 158 Å². The largest absolute Gasteiger partial charge is 0.219 e. The molecule has 0 spiro atoms. The Morgan fingerprint density at radius 1 is 0.177 bits per heavy atom. The van der Waals surface area contributed by atoms with E-state index in [1.54, 1.807) is 0 Å². The monoisotopic (exact) mass is 790 g/mol. The highest BCUT2D eigenvalue weighted by Gasteiger charge is 2.29. The van der Waals surface area contributed by atoms with Gasteiger partial charge < -0.3 is 0 Å². The van der Waals surface area contributed by atoms with Crippen LogP contribution in [0.5, 0.6) is 0 Å². The summed E-state index contributed by atoms with van der Waals surface area (Å²) in [6.45, 7) is 0. The van der Waals surface area contributed by atoms with Crippen LogP contribution in [-0.4, -0.2) is 0 Å². The molecule has 0 radical (unpaired) electrons. The summed E-state index contributed by atoms with van der Waals surface area (Å²) < 4.78 is 4.86. The predicted molar refractivity (Wildman–Crippen MR) is 257 cm³/mol. The lowest BCUT2D eigenvalue weighted by Crippen LogP contribution is -2.38. The Kier molecular flexibility index (Phi) is 9.57. The van der Waals surface area contributed by atoms with Gasteiger partial charge in [0, 0.05) is 70.8 Å². The first-order valence-corrected chi connectivity index (χ1v) is 21.2. The minimum atomic E-state index is 1.07. The molecular formula is C60H42N2+2. The normalized spacial score (nSPS) is 11.2. The van der Waals surface area contributed by atoms with Crippen LogP contribution in [0.2, 0.25) is 0 Å². The number of aromatic nitrogens is 2. The quantitative estimate of drug-likeness (QED) is 0.135. The fourth-order valence-corrected chi connectivity index (χ4v) is 8.86. The van der Waals surface area contributed by atoms with Crippen molar-refractivity contribution in [3.8, 4) is 78.7 Å². The average molecular weight is 791 g/mol. The molecule has 0 atom stereocenters. The average Bonchev–Trinajstić information content (AvgIpc) is 3.36. The van der Waals surface area contributed by atoms with Gasteiger partial charge in [-0.25, -0.2) is 0 Å². The molecule has 0 aliphatic carbocycles. The van der Waals surface area contributed by atoms with Gasteiger partial charge in [0.05, 0.1) is 0 Å². The van der Waals surface area contributed by atoms with E-state index in [2.05, 4.69) is 264 Å². The fraction of sp³-hybridized carbons (Fsp3) is 0. The van der Waals surface area contributed by atoms with Crippen molar-refractivity contribution in [2.45, 2.75) is 0 Å². The van der Waals surface area contributed by atoms with Crippen LogP contribution >= 0.6 is 0 Å². The van der Waals surface area contributed by atoms with E-state index in [4.69, 9.17) is 0 Å². The second kappa shape index (κ2) is 16.1. The molecule has 0 unspecified atom stereocenters. The third-order valence-corrected chi connectivity index (χ3v) is 11.9. The number of nitrogens with zero attached hydrogens (tertiary/aromatic N) is 2. The Hall–Kier alpha value is -8.20. The van der Waals surface area contributed by atoms with E-state index >= 15 is 0 Å². The SMILES string of the molecule is c1ccc(-c2cc(-c3ccccc3)[n+](-c3ccc(-[n+]4c(-c5ccc6ccccc6c5)cc(-c5ccccc5)cc4-c4ccc5ccccc5c4)cc3)c(-c3ccccc3)c2)cc1. The molecule has 0 N–H and O–H groups in total. The molecule has 0 amide bonds. The molecule has 11 rings (SSSR count). The van der Waals surface area contributed by atoms with E-state index in [-0.39, 0.29) is 0 Å². The van der Waals surface area contributed by atoms with Gasteiger partial charge in [-0.3, -0.25) is 0 Å². The van der Waals surface area contributed by atoms with Crippen molar-refractivity contribution in [3.05, 3.63) is 255 Å². The molecule has 0 saturated carbocycles. The molecule has 2 aromatic heterocycles. The predicted octanol–water partition coefficient (Wildman–Crippen LogP) is 14.5. The van der Waals surface area contributed by atoms with Gasteiger partial charge in [0.25, 0.3) is 0 Å². The van der Waals surface area contributed by atoms with E-state index in [0.29, 0.717) is 0 Å². The van der Waals surface area contributed by atoms with Crippen molar-refractivity contribution in [2.75, 3.05) is 0 Å². The summed E-state index contributed by atoms with van der Waals surface area (Å²) in [7, 11) is 0. The summed E-state index contributed by atoms with van der Waals surface area (Å²) in [5, 5.41) is 4.86. The van der Waals surface area contributed by atoms with E-state index in [1.807, 2.05) is 0 Å². The highest BCUT2D eigenvalue weighted by molar-refractivity contribution is 5.89. The van der Waals surface area contributed by atoms with Crippen LogP contribution < -0.4 is 9.13 Å². The first-order chi connectivity index (χ1) is 30.7. The Morgan fingerprint density at radius 2 is 0.468 bits per heavy atom. The number of hydrogen-bond donors (Lipinski definition) is 0. The van der Waals surface area contributed by atoms with Crippen LogP contribution in [0.4, 0.5) is 0 Å². The fourth-order valence-electron chi connectivity index (χ4n) is 8.86. The summed E-state index contributed by atoms with van der Waals surface area (Å²) in [6, 6.07) is 92.4. The molecule has 0 aliphatic heterocycles. The summed E-state index contributed by atoms with van der Waals surface area (Å²) in [4.78, 5) is 0. The molecule has 0 bridgehead atoms. The standard InChI is InChI=1S/C60H42N2/c1-5-17-43(18-6-1)53-39-57(47-23-9-3-10-24-47)61(58(40-53)48-25-11-4-12-26-48)55-33-35-56(36-34-55)62-59(51-31-29-45-21-13-15-27-49(45)37-51)41-54(44-19-7-2-8-20-44)42-60(62)52-32-30-46-22-14-16-28-50(46)38-52/h1-42H/q+2. The topological polar surface area (TPSA) is 7.76 Å². The molecule has 0 aliphatic rings. The number of fused-ring (bicyclic) bond motifs is 2. The maximum atomic E-state index is 2.45. The van der Waals surface area contributed by atoms with Crippen LogP contribution in [0.1, 0.15) is 0 Å². The van der Waals surface area contributed by atoms with Crippen molar-refractivity contribution >= 4 is 21.5 Å². The zero-order chi connectivity index (χ0) is 41.2. The van der Waals surface area contributed by atoms with E-state index < -0.39 is 0 Å². The Labute approximate surface area is 362 Å². The van der Waals surface area contributed by atoms with Crippen LogP contribution in [0.15, 0.2) is 255 Å². The van der Waals surface area contributed by atoms with Gasteiger partial charge in [-0.2, -0.15) is 9.13 Å². The van der Waals surface area contributed by atoms with E-state index in [0.717, 1.165) is 56.4 Å². The minimum Gasteiger partial charge on any atom is -0.153 e. The summed E-state index contributed by atoms with van der Waals surface area (Å²) in [5.74, 6) is 0. The maximum absolute atomic E-state index is 2.45. The molecule has 290 valence electrons. The van der Waals surface area contributed by atoms with Gasteiger partial charge >= 0.3 is 0 Å². The van der Waals surface area contributed by atoms with Crippen LogP contribution in [-0.2, 0) is 0 Å². The van der Waals surface area contributed by atoms with Gasteiger partial charge in [-0.15, -0.1) is 0 Å². The number of pyridine rings is 2. The zero-order valence-electron chi connectivity index (χ0n) is 34.1. The molecule has 9 aromatic carbocycles. The summed E-state index contributed by atoms with van der Waals surface area (Å²) >= 11 is 0. The molecule has 0 saturated heterocycles. The van der Waals surface area contributed by atoms with Crippen molar-refractivity contribution in [1.82, 2.24) is 0 Å². The van der Waals surface area contributed by atoms with E-state index in [9.17, 15) is 0 Å². The molecule has 0 fully saturated rings. The molecule has 2 nitrogen and oxygen atoms in total. The molecule has 2 heteroatoms. The Bertz CT molecular complexity index is 3200. The van der Waals surface area contributed by atoms with Crippen molar-refractivity contribution < 1.29 is 9.13 Å². The van der Waals surface area contributed by atoms with Crippen molar-refractivity contribution in [2.24, 2.45) is 0 Å². The maximum Gasteiger partial charge on any atom is 0.219 e.